The molecule has 0 aliphatic carbocycles. The van der Waals surface area contributed by atoms with Crippen LogP contribution in [-0.4, -0.2) is 39.3 Å². The van der Waals surface area contributed by atoms with E-state index in [1.54, 1.807) is 6.07 Å². The molecule has 1 aliphatic heterocycles. The molecule has 0 atom stereocenters. The number of hydrogen-bond donors (Lipinski definition) is 1. The van der Waals surface area contributed by atoms with Crippen LogP contribution in [0.25, 0.3) is 0 Å². The average Bonchev–Trinajstić information content (AvgIpc) is 3.04. The topological polar surface area (TPSA) is 47.1 Å². The fourth-order valence-electron chi connectivity index (χ4n) is 2.88. The van der Waals surface area contributed by atoms with Gasteiger partial charge in [-0.3, -0.25) is 0 Å². The maximum absolute atomic E-state index is 11.4. The summed E-state index contributed by atoms with van der Waals surface area (Å²) in [5, 5.41) is 0.796. The Morgan fingerprint density at radius 1 is 1.26 bits per heavy atom. The third kappa shape index (κ3) is 3.68. The van der Waals surface area contributed by atoms with Gasteiger partial charge >= 0.3 is 5.97 Å². The number of methoxy groups -OCH3 is 1. The van der Waals surface area contributed by atoms with Crippen molar-refractivity contribution in [3.63, 3.8) is 0 Å². The second-order valence-corrected chi connectivity index (χ2v) is 6.03. The molecule has 1 saturated heterocycles. The maximum atomic E-state index is 11.4. The van der Waals surface area contributed by atoms with Crippen LogP contribution >= 0.6 is 11.6 Å². The summed E-state index contributed by atoms with van der Waals surface area (Å²) in [4.78, 5) is 15.2. The number of nitrogens with zero attached hydrogens (tertiary/aromatic N) is 1. The molecule has 2 aromatic rings. The highest BCUT2D eigenvalue weighted by atomic mass is 35.5. The highest BCUT2D eigenvalue weighted by molar-refractivity contribution is 6.33. The summed E-state index contributed by atoms with van der Waals surface area (Å²) in [5.41, 5.74) is 1.10. The number of para-hydroxylation sites is 1. The van der Waals surface area contributed by atoms with Gasteiger partial charge < -0.3 is 19.0 Å². The number of esters is 1. The predicted molar refractivity (Wildman–Crippen MR) is 88.1 cm³/mol. The van der Waals surface area contributed by atoms with Crippen molar-refractivity contribution in [2.45, 2.75) is 6.54 Å². The average molecular weight is 336 g/mol. The molecule has 5 nitrogen and oxygen atoms in total. The quantitative estimate of drug-likeness (QED) is 0.863. The first-order valence-electron chi connectivity index (χ1n) is 7.67. The first kappa shape index (κ1) is 15.9. The van der Waals surface area contributed by atoms with Crippen LogP contribution in [0.2, 0.25) is 5.02 Å². The lowest BCUT2D eigenvalue weighted by atomic mass is 10.2. The van der Waals surface area contributed by atoms with Crippen molar-refractivity contribution in [2.75, 3.05) is 38.2 Å². The van der Waals surface area contributed by atoms with E-state index >= 15 is 0 Å². The zero-order valence-corrected chi connectivity index (χ0v) is 13.8. The molecule has 0 amide bonds. The van der Waals surface area contributed by atoms with E-state index in [9.17, 15) is 4.79 Å². The van der Waals surface area contributed by atoms with E-state index in [1.807, 2.05) is 24.3 Å². The van der Waals surface area contributed by atoms with Crippen molar-refractivity contribution in [1.29, 1.82) is 0 Å². The van der Waals surface area contributed by atoms with E-state index in [-0.39, 0.29) is 5.76 Å². The third-order valence-electron chi connectivity index (χ3n) is 4.14. The summed E-state index contributed by atoms with van der Waals surface area (Å²) in [7, 11) is 1.35. The Morgan fingerprint density at radius 2 is 2.00 bits per heavy atom. The number of ether oxygens (including phenoxy) is 1. The van der Waals surface area contributed by atoms with Gasteiger partial charge in [-0.15, -0.1) is 0 Å². The second kappa shape index (κ2) is 7.06. The molecule has 3 rings (SSSR count). The van der Waals surface area contributed by atoms with Gasteiger partial charge in [0.05, 0.1) is 44.0 Å². The summed E-state index contributed by atoms with van der Waals surface area (Å²) in [6.45, 7) is 4.67. The van der Waals surface area contributed by atoms with Crippen LogP contribution in [0.4, 0.5) is 5.69 Å². The monoisotopic (exact) mass is 335 g/mol. The molecule has 0 bridgehead atoms. The Labute approximate surface area is 140 Å². The van der Waals surface area contributed by atoms with Crippen molar-refractivity contribution >= 4 is 23.3 Å². The van der Waals surface area contributed by atoms with Crippen molar-refractivity contribution < 1.29 is 18.8 Å². The van der Waals surface area contributed by atoms with Gasteiger partial charge in [0.15, 0.2) is 5.76 Å². The normalized spacial score (nSPS) is 15.7. The van der Waals surface area contributed by atoms with Gasteiger partial charge in [-0.2, -0.15) is 0 Å². The number of furan rings is 1. The minimum atomic E-state index is -0.435. The lowest BCUT2D eigenvalue weighted by Gasteiger charge is -2.33. The van der Waals surface area contributed by atoms with Crippen LogP contribution in [0.5, 0.6) is 0 Å². The number of quaternary nitrogens is 1. The predicted octanol–water partition coefficient (Wildman–Crippen LogP) is 1.62. The molecule has 0 radical (unpaired) electrons. The number of carbonyl (C=O) groups excluding carboxylic acids is 1. The summed E-state index contributed by atoms with van der Waals surface area (Å²) in [6, 6.07) is 11.5. The number of rotatable bonds is 4. The van der Waals surface area contributed by atoms with Crippen LogP contribution in [0, 0.1) is 0 Å². The smallest absolute Gasteiger partial charge is 0.373 e. The van der Waals surface area contributed by atoms with Gasteiger partial charge in [-0.1, -0.05) is 23.7 Å². The number of nitrogens with one attached hydrogen (secondary N) is 1. The Hall–Kier alpha value is -1.98. The van der Waals surface area contributed by atoms with Crippen molar-refractivity contribution in [2.24, 2.45) is 0 Å². The highest BCUT2D eigenvalue weighted by Gasteiger charge is 2.23. The largest absolute Gasteiger partial charge is 0.463 e. The Morgan fingerprint density at radius 3 is 2.70 bits per heavy atom. The molecule has 122 valence electrons. The van der Waals surface area contributed by atoms with Crippen molar-refractivity contribution in [1.82, 2.24) is 0 Å². The highest BCUT2D eigenvalue weighted by Crippen LogP contribution is 2.24. The van der Waals surface area contributed by atoms with E-state index in [4.69, 9.17) is 16.0 Å². The Kier molecular flexibility index (Phi) is 4.88. The molecule has 0 unspecified atom stereocenters. The lowest BCUT2D eigenvalue weighted by molar-refractivity contribution is -0.915. The van der Waals surface area contributed by atoms with Crippen LogP contribution in [0.15, 0.2) is 40.8 Å². The van der Waals surface area contributed by atoms with Gasteiger partial charge in [0.1, 0.15) is 6.54 Å². The minimum absolute atomic E-state index is 0.261. The van der Waals surface area contributed by atoms with Crippen LogP contribution in [0.1, 0.15) is 16.3 Å². The zero-order valence-electron chi connectivity index (χ0n) is 13.0. The zero-order chi connectivity index (χ0) is 16.2. The number of anilines is 1. The van der Waals surface area contributed by atoms with Gasteiger partial charge in [-0.05, 0) is 24.3 Å². The first-order valence-corrected chi connectivity index (χ1v) is 8.05. The first-order chi connectivity index (χ1) is 11.2. The maximum Gasteiger partial charge on any atom is 0.373 e. The molecule has 0 saturated carbocycles. The third-order valence-corrected chi connectivity index (χ3v) is 4.46. The summed E-state index contributed by atoms with van der Waals surface area (Å²) >= 11 is 6.26. The molecule has 1 aliphatic rings. The van der Waals surface area contributed by atoms with Crippen molar-refractivity contribution in [3.8, 4) is 0 Å². The minimum Gasteiger partial charge on any atom is -0.463 e. The van der Waals surface area contributed by atoms with Crippen LogP contribution in [-0.2, 0) is 11.3 Å². The molecular formula is C17H20ClN2O3+. The Bertz CT molecular complexity index is 678. The molecule has 1 aromatic heterocycles. The molecule has 23 heavy (non-hydrogen) atoms. The molecular weight excluding hydrogens is 316 g/mol. The van der Waals surface area contributed by atoms with E-state index < -0.39 is 5.97 Å². The Balaban J connectivity index is 1.56. The van der Waals surface area contributed by atoms with Crippen molar-refractivity contribution in [3.05, 3.63) is 52.9 Å². The lowest BCUT2D eigenvalue weighted by Crippen LogP contribution is -3.13. The number of halogens is 1. The SMILES string of the molecule is COC(=O)c1ccc(C[NH+]2CCN(c3ccccc3Cl)CC2)o1. The van der Waals surface area contributed by atoms with E-state index in [2.05, 4.69) is 15.7 Å². The fourth-order valence-corrected chi connectivity index (χ4v) is 3.13. The second-order valence-electron chi connectivity index (χ2n) is 5.62. The van der Waals surface area contributed by atoms with E-state index in [1.165, 1.54) is 12.0 Å². The molecule has 1 fully saturated rings. The van der Waals surface area contributed by atoms with Gasteiger partial charge in [0.25, 0.3) is 0 Å². The fraction of sp³-hybridized carbons (Fsp3) is 0.353. The number of hydrogen-bond acceptors (Lipinski definition) is 4. The van der Waals surface area contributed by atoms with Gasteiger partial charge in [0.2, 0.25) is 5.76 Å². The summed E-state index contributed by atoms with van der Waals surface area (Å²) in [6.07, 6.45) is 0. The summed E-state index contributed by atoms with van der Waals surface area (Å²) in [5.74, 6) is 0.637. The van der Waals surface area contributed by atoms with Crippen LogP contribution in [0.3, 0.4) is 0 Å². The number of carbonyl (C=O) groups is 1. The molecule has 0 spiro atoms. The number of piperazine rings is 1. The van der Waals surface area contributed by atoms with Crippen LogP contribution < -0.4 is 9.80 Å². The standard InChI is InChI=1S/C17H19ClN2O3/c1-22-17(21)16-7-6-13(23-16)12-19-8-10-20(11-9-19)15-5-3-2-4-14(15)18/h2-7H,8-12H2,1H3/p+1. The van der Waals surface area contributed by atoms with E-state index in [0.29, 0.717) is 0 Å². The molecule has 1 N–H and O–H groups in total. The molecule has 6 heteroatoms. The number of benzene rings is 1. The van der Waals surface area contributed by atoms with E-state index in [0.717, 1.165) is 49.2 Å². The summed E-state index contributed by atoms with van der Waals surface area (Å²) < 4.78 is 10.2. The molecule has 2 heterocycles. The van der Waals surface area contributed by atoms with Gasteiger partial charge in [0, 0.05) is 0 Å². The van der Waals surface area contributed by atoms with Gasteiger partial charge in [-0.25, -0.2) is 4.79 Å². The molecule has 1 aromatic carbocycles.